The van der Waals surface area contributed by atoms with Gasteiger partial charge in [0.15, 0.2) is 0 Å². The first-order valence-electron chi connectivity index (χ1n) is 10.6. The molecule has 0 aromatic heterocycles. The van der Waals surface area contributed by atoms with Gasteiger partial charge in [0.1, 0.15) is 26.4 Å². The van der Waals surface area contributed by atoms with Gasteiger partial charge in [0.05, 0.1) is 48.7 Å². The number of ether oxygens (including phenoxy) is 5. The third-order valence-corrected chi connectivity index (χ3v) is 4.28. The predicted octanol–water partition coefficient (Wildman–Crippen LogP) is 1.02. The molecule has 188 valence electrons. The summed E-state index contributed by atoms with van der Waals surface area (Å²) in [5.74, 6) is -2.54. The molecule has 0 atom stereocenters. The zero-order valence-corrected chi connectivity index (χ0v) is 18.8. The fourth-order valence-electron chi connectivity index (χ4n) is 2.59. The van der Waals surface area contributed by atoms with Crippen molar-refractivity contribution >= 4 is 23.9 Å². The van der Waals surface area contributed by atoms with Crippen molar-refractivity contribution in [1.29, 1.82) is 0 Å². The molecule has 0 fully saturated rings. The van der Waals surface area contributed by atoms with Crippen molar-refractivity contribution in [1.82, 2.24) is 0 Å². The van der Waals surface area contributed by atoms with Gasteiger partial charge in [0.25, 0.3) is 0 Å². The molecule has 2 N–H and O–H groups in total. The molecule has 0 aliphatic carbocycles. The monoisotopic (exact) mass is 490 g/mol. The molecule has 11 nitrogen and oxygen atoms in total. The van der Waals surface area contributed by atoms with Crippen LogP contribution in [0.4, 0.5) is 0 Å². The molecule has 0 spiro atoms. The van der Waals surface area contributed by atoms with Crippen LogP contribution in [-0.4, -0.2) is 86.9 Å². The maximum atomic E-state index is 12.1. The number of aliphatic hydroxyl groups excluding tert-OH is 2. The van der Waals surface area contributed by atoms with E-state index in [4.69, 9.17) is 33.9 Å². The molecule has 0 aliphatic rings. The van der Waals surface area contributed by atoms with Gasteiger partial charge in [-0.3, -0.25) is 0 Å². The Labute approximate surface area is 201 Å². The molecular weight excluding hydrogens is 464 g/mol. The molecule has 0 aliphatic heterocycles. The maximum Gasteiger partial charge on any atom is 0.338 e. The van der Waals surface area contributed by atoms with Crippen LogP contribution < -0.4 is 0 Å². The van der Waals surface area contributed by atoms with Crippen molar-refractivity contribution in [2.45, 2.75) is 0 Å². The minimum Gasteiger partial charge on any atom is -0.460 e. The highest BCUT2D eigenvalue weighted by atomic mass is 16.6. The molecule has 0 bridgehead atoms. The SMILES string of the molecule is O=C(OCCO)c1ccc(C(=O)OCCOC(=O)c2ccc(C(=O)OCCOCCO)cc2)cc1. The molecule has 0 radical (unpaired) electrons. The van der Waals surface area contributed by atoms with Gasteiger partial charge in [0, 0.05) is 0 Å². The molecule has 11 heteroatoms. The molecule has 0 saturated carbocycles. The normalized spacial score (nSPS) is 10.3. The van der Waals surface area contributed by atoms with E-state index in [9.17, 15) is 19.2 Å². The Morgan fingerprint density at radius 3 is 1.06 bits per heavy atom. The van der Waals surface area contributed by atoms with Gasteiger partial charge in [-0.1, -0.05) is 0 Å². The number of carbonyl (C=O) groups excluding carboxylic acids is 4. The summed E-state index contributed by atoms with van der Waals surface area (Å²) in [5.41, 5.74) is 0.848. The Kier molecular flexibility index (Phi) is 11.9. The number of rotatable bonds is 14. The minimum absolute atomic E-state index is 0.0304. The number of esters is 4. The van der Waals surface area contributed by atoms with Gasteiger partial charge in [0.2, 0.25) is 0 Å². The summed E-state index contributed by atoms with van der Waals surface area (Å²) < 4.78 is 24.9. The Morgan fingerprint density at radius 2 is 0.743 bits per heavy atom. The predicted molar refractivity (Wildman–Crippen MR) is 119 cm³/mol. The molecule has 2 rings (SSSR count). The van der Waals surface area contributed by atoms with E-state index >= 15 is 0 Å². The first kappa shape index (κ1) is 27.4. The Balaban J connectivity index is 1.71. The summed E-state index contributed by atoms with van der Waals surface area (Å²) >= 11 is 0. The third-order valence-electron chi connectivity index (χ3n) is 4.28. The van der Waals surface area contributed by atoms with Crippen LogP contribution in [-0.2, 0) is 23.7 Å². The van der Waals surface area contributed by atoms with Crippen LogP contribution in [0.2, 0.25) is 0 Å². The quantitative estimate of drug-likeness (QED) is 0.221. The maximum absolute atomic E-state index is 12.1. The van der Waals surface area contributed by atoms with Crippen LogP contribution >= 0.6 is 0 Å². The first-order chi connectivity index (χ1) is 17.0. The first-order valence-corrected chi connectivity index (χ1v) is 10.6. The largest absolute Gasteiger partial charge is 0.460 e. The highest BCUT2D eigenvalue weighted by Crippen LogP contribution is 2.09. The lowest BCUT2D eigenvalue weighted by Gasteiger charge is -2.08. The zero-order chi connectivity index (χ0) is 25.5. The standard InChI is InChI=1S/C24H26O11/c25-9-11-31-13-14-33-22(28)18-5-7-20(8-6-18)24(30)35-16-15-34-23(29)19-3-1-17(2-4-19)21(27)32-12-10-26/h1-8,25-26H,9-16H2. The Hall–Kier alpha value is -3.80. The van der Waals surface area contributed by atoms with Crippen LogP contribution in [0.1, 0.15) is 41.4 Å². The number of aliphatic hydroxyl groups is 2. The average molecular weight is 490 g/mol. The summed E-state index contributed by atoms with van der Waals surface area (Å²) in [5, 5.41) is 17.3. The zero-order valence-electron chi connectivity index (χ0n) is 18.8. The van der Waals surface area contributed by atoms with Crippen molar-refractivity contribution in [3.05, 3.63) is 70.8 Å². The second kappa shape index (κ2) is 15.2. The van der Waals surface area contributed by atoms with E-state index in [-0.39, 0.29) is 75.1 Å². The molecule has 2 aromatic carbocycles. The smallest absolute Gasteiger partial charge is 0.338 e. The van der Waals surface area contributed by atoms with E-state index in [2.05, 4.69) is 0 Å². The summed E-state index contributed by atoms with van der Waals surface area (Å²) in [4.78, 5) is 47.8. The van der Waals surface area contributed by atoms with Gasteiger partial charge in [-0.25, -0.2) is 19.2 Å². The molecule has 0 amide bonds. The fraction of sp³-hybridized carbons (Fsp3) is 0.333. The molecular formula is C24H26O11. The molecule has 0 heterocycles. The fourth-order valence-corrected chi connectivity index (χ4v) is 2.59. The minimum atomic E-state index is -0.666. The summed E-state index contributed by atoms with van der Waals surface area (Å²) in [6.07, 6.45) is 0. The van der Waals surface area contributed by atoms with Gasteiger partial charge in [-0.05, 0) is 48.5 Å². The third kappa shape index (κ3) is 9.53. The van der Waals surface area contributed by atoms with E-state index in [1.807, 2.05) is 0 Å². The summed E-state index contributed by atoms with van der Waals surface area (Å²) in [6, 6.07) is 11.2. The van der Waals surface area contributed by atoms with Crippen LogP contribution in [0.5, 0.6) is 0 Å². The van der Waals surface area contributed by atoms with Crippen LogP contribution in [0, 0.1) is 0 Å². The lowest BCUT2D eigenvalue weighted by Crippen LogP contribution is -2.15. The van der Waals surface area contributed by atoms with Gasteiger partial charge >= 0.3 is 23.9 Å². The van der Waals surface area contributed by atoms with Gasteiger partial charge < -0.3 is 33.9 Å². The Bertz CT molecular complexity index is 968. The number of hydrogen-bond acceptors (Lipinski definition) is 11. The van der Waals surface area contributed by atoms with Crippen molar-refractivity contribution in [3.63, 3.8) is 0 Å². The number of hydrogen-bond donors (Lipinski definition) is 2. The van der Waals surface area contributed by atoms with Crippen LogP contribution in [0.3, 0.4) is 0 Å². The van der Waals surface area contributed by atoms with Crippen molar-refractivity contribution in [3.8, 4) is 0 Å². The van der Waals surface area contributed by atoms with Crippen LogP contribution in [0.15, 0.2) is 48.5 Å². The van der Waals surface area contributed by atoms with Crippen molar-refractivity contribution < 1.29 is 53.1 Å². The van der Waals surface area contributed by atoms with E-state index in [1.54, 1.807) is 0 Å². The summed E-state index contributed by atoms with van der Waals surface area (Å²) in [7, 11) is 0. The van der Waals surface area contributed by atoms with E-state index in [0.717, 1.165) is 0 Å². The molecule has 2 aromatic rings. The van der Waals surface area contributed by atoms with Crippen molar-refractivity contribution in [2.24, 2.45) is 0 Å². The van der Waals surface area contributed by atoms with Gasteiger partial charge in [-0.15, -0.1) is 0 Å². The second-order valence-corrected chi connectivity index (χ2v) is 6.76. The van der Waals surface area contributed by atoms with Crippen LogP contribution in [0.25, 0.3) is 0 Å². The van der Waals surface area contributed by atoms with E-state index in [1.165, 1.54) is 48.5 Å². The highest BCUT2D eigenvalue weighted by molar-refractivity contribution is 5.94. The van der Waals surface area contributed by atoms with Gasteiger partial charge in [-0.2, -0.15) is 0 Å². The number of benzene rings is 2. The Morgan fingerprint density at radius 1 is 0.457 bits per heavy atom. The lowest BCUT2D eigenvalue weighted by atomic mass is 10.1. The average Bonchev–Trinajstić information content (AvgIpc) is 2.89. The molecule has 0 saturated heterocycles. The molecule has 0 unspecified atom stereocenters. The number of carbonyl (C=O) groups is 4. The summed E-state index contributed by atoms with van der Waals surface area (Å²) in [6.45, 7) is -0.554. The van der Waals surface area contributed by atoms with Crippen molar-refractivity contribution in [2.75, 3.05) is 52.9 Å². The van der Waals surface area contributed by atoms with E-state index < -0.39 is 23.9 Å². The second-order valence-electron chi connectivity index (χ2n) is 6.76. The van der Waals surface area contributed by atoms with E-state index in [0.29, 0.717) is 0 Å². The lowest BCUT2D eigenvalue weighted by molar-refractivity contribution is 0.0256. The topological polar surface area (TPSA) is 155 Å². The molecule has 35 heavy (non-hydrogen) atoms. The highest BCUT2D eigenvalue weighted by Gasteiger charge is 2.13.